The predicted molar refractivity (Wildman–Crippen MR) is 166 cm³/mol. The van der Waals surface area contributed by atoms with Gasteiger partial charge in [0.05, 0.1) is 37.9 Å². The van der Waals surface area contributed by atoms with E-state index in [-0.39, 0.29) is 18.4 Å². The van der Waals surface area contributed by atoms with E-state index in [1.54, 1.807) is 12.0 Å². The van der Waals surface area contributed by atoms with Crippen LogP contribution in [0.5, 0.6) is 6.01 Å². The minimum Gasteiger partial charge on any atom is -0.467 e. The van der Waals surface area contributed by atoms with Crippen LogP contribution in [0.25, 0.3) is 10.8 Å². The molecule has 1 N–H and O–H groups in total. The SMILES string of the molecule is C=CC(=O)N1CCN(c2nc(OC)nc3c2CCN(c2cccc4ccccc24)C3)CC1CC#N.CN1CCNCC1. The van der Waals surface area contributed by atoms with Crippen molar-refractivity contribution in [2.45, 2.75) is 25.4 Å². The predicted octanol–water partition coefficient (Wildman–Crippen LogP) is 2.84. The molecule has 1 atom stereocenters. The Labute approximate surface area is 248 Å². The fourth-order valence-corrected chi connectivity index (χ4v) is 5.94. The van der Waals surface area contributed by atoms with Crippen LogP contribution in [0.1, 0.15) is 17.7 Å². The molecule has 2 fully saturated rings. The summed E-state index contributed by atoms with van der Waals surface area (Å²) in [6.45, 7) is 11.5. The fourth-order valence-electron chi connectivity index (χ4n) is 5.94. The normalized spacial score (nSPS) is 18.9. The number of aromatic nitrogens is 2. The molecule has 1 amide bonds. The number of carbonyl (C=O) groups is 1. The van der Waals surface area contributed by atoms with Crippen LogP contribution in [0, 0.1) is 11.3 Å². The molecule has 42 heavy (non-hydrogen) atoms. The third-order valence-electron chi connectivity index (χ3n) is 8.22. The van der Waals surface area contributed by atoms with E-state index >= 15 is 0 Å². The van der Waals surface area contributed by atoms with Gasteiger partial charge in [-0.1, -0.05) is 43.0 Å². The van der Waals surface area contributed by atoms with Gasteiger partial charge in [0.2, 0.25) is 5.91 Å². The van der Waals surface area contributed by atoms with Crippen LogP contribution in [-0.2, 0) is 17.8 Å². The summed E-state index contributed by atoms with van der Waals surface area (Å²) in [5.41, 5.74) is 3.26. The van der Waals surface area contributed by atoms with Gasteiger partial charge in [-0.3, -0.25) is 4.79 Å². The Morgan fingerprint density at radius 1 is 1.10 bits per heavy atom. The van der Waals surface area contributed by atoms with Gasteiger partial charge in [0.25, 0.3) is 0 Å². The van der Waals surface area contributed by atoms with Crippen LogP contribution in [0.2, 0.25) is 0 Å². The van der Waals surface area contributed by atoms with Gasteiger partial charge >= 0.3 is 6.01 Å². The lowest BCUT2D eigenvalue weighted by Gasteiger charge is -2.42. The molecule has 1 unspecified atom stereocenters. The Kier molecular flexibility index (Phi) is 9.52. The molecule has 10 heteroatoms. The van der Waals surface area contributed by atoms with Crippen LogP contribution < -0.4 is 19.9 Å². The average molecular weight is 569 g/mol. The summed E-state index contributed by atoms with van der Waals surface area (Å²) in [5.74, 6) is 0.705. The average Bonchev–Trinajstić information content (AvgIpc) is 3.04. The van der Waals surface area contributed by atoms with Gasteiger partial charge in [0.15, 0.2) is 0 Å². The van der Waals surface area contributed by atoms with Gasteiger partial charge in [0, 0.05) is 69.0 Å². The molecule has 3 aliphatic heterocycles. The molecule has 220 valence electrons. The zero-order valence-corrected chi connectivity index (χ0v) is 24.6. The first-order chi connectivity index (χ1) is 20.5. The number of fused-ring (bicyclic) bond motifs is 2. The molecule has 0 aliphatic carbocycles. The van der Waals surface area contributed by atoms with Crippen LogP contribution in [0.4, 0.5) is 11.5 Å². The molecule has 0 radical (unpaired) electrons. The molecular weight excluding hydrogens is 528 g/mol. The monoisotopic (exact) mass is 568 g/mol. The molecule has 6 rings (SSSR count). The Morgan fingerprint density at radius 2 is 1.88 bits per heavy atom. The van der Waals surface area contributed by atoms with Crippen molar-refractivity contribution in [2.24, 2.45) is 0 Å². The maximum atomic E-state index is 12.3. The van der Waals surface area contributed by atoms with Gasteiger partial charge in [0.1, 0.15) is 5.82 Å². The lowest BCUT2D eigenvalue weighted by molar-refractivity contribution is -0.128. The molecule has 0 bridgehead atoms. The van der Waals surface area contributed by atoms with Crippen LogP contribution in [0.3, 0.4) is 0 Å². The summed E-state index contributed by atoms with van der Waals surface area (Å²) in [5, 5.41) is 15.1. The Bertz CT molecular complexity index is 1440. The van der Waals surface area contributed by atoms with E-state index in [9.17, 15) is 10.1 Å². The van der Waals surface area contributed by atoms with Crippen molar-refractivity contribution < 1.29 is 9.53 Å². The smallest absolute Gasteiger partial charge is 0.318 e. The number of nitrogens with one attached hydrogen (secondary N) is 1. The molecule has 1 aromatic heterocycles. The zero-order chi connectivity index (χ0) is 29.5. The number of nitrogens with zero attached hydrogens (tertiary/aromatic N) is 7. The van der Waals surface area contributed by atoms with Crippen LogP contribution in [0.15, 0.2) is 55.1 Å². The quantitative estimate of drug-likeness (QED) is 0.466. The third-order valence-corrected chi connectivity index (χ3v) is 8.22. The highest BCUT2D eigenvalue weighted by Gasteiger charge is 2.33. The van der Waals surface area contributed by atoms with E-state index in [0.29, 0.717) is 32.2 Å². The molecule has 0 saturated carbocycles. The maximum absolute atomic E-state index is 12.3. The van der Waals surface area contributed by atoms with Crippen molar-refractivity contribution in [3.05, 3.63) is 66.4 Å². The lowest BCUT2D eigenvalue weighted by Crippen LogP contribution is -2.55. The summed E-state index contributed by atoms with van der Waals surface area (Å²) in [4.78, 5) is 30.4. The first kappa shape index (κ1) is 29.3. The highest BCUT2D eigenvalue weighted by Crippen LogP contribution is 2.34. The van der Waals surface area contributed by atoms with Crippen molar-refractivity contribution in [1.82, 2.24) is 25.1 Å². The van der Waals surface area contributed by atoms with Crippen LogP contribution in [-0.4, -0.2) is 98.2 Å². The van der Waals surface area contributed by atoms with E-state index in [1.807, 2.05) is 0 Å². The number of nitriles is 1. The van der Waals surface area contributed by atoms with Gasteiger partial charge in [-0.05, 0) is 31.0 Å². The van der Waals surface area contributed by atoms with E-state index in [1.165, 1.54) is 35.6 Å². The molecule has 2 aromatic carbocycles. The highest BCUT2D eigenvalue weighted by atomic mass is 16.5. The third kappa shape index (κ3) is 6.48. The number of anilines is 2. The van der Waals surface area contributed by atoms with E-state index in [2.05, 4.69) is 82.2 Å². The molecule has 10 nitrogen and oxygen atoms in total. The second-order valence-electron chi connectivity index (χ2n) is 10.9. The second kappa shape index (κ2) is 13.6. The molecule has 3 aliphatic rings. The van der Waals surface area contributed by atoms with Crippen LogP contribution >= 0.6 is 0 Å². The summed E-state index contributed by atoms with van der Waals surface area (Å²) >= 11 is 0. The standard InChI is InChI=1S/C27H28N6O2.C5H12N2/c1-3-25(34)33-16-15-32(17-20(33)11-13-28)26-22-12-14-31(18-23(22)29-27(30-26)35-2)24-10-6-8-19-7-4-5-9-21(19)24;1-7-4-2-6-3-5-7/h3-10,20H,1,11-12,14-18H2,2H3;6H,2-5H2,1H3. The Hall–Kier alpha value is -4.20. The number of hydrogen-bond acceptors (Lipinski definition) is 9. The zero-order valence-electron chi connectivity index (χ0n) is 24.6. The van der Waals surface area contributed by atoms with Crippen molar-refractivity contribution in [3.8, 4) is 12.1 Å². The number of ether oxygens (including phenoxy) is 1. The van der Waals surface area contributed by atoms with Gasteiger partial charge < -0.3 is 29.7 Å². The number of amides is 1. The van der Waals surface area contributed by atoms with Gasteiger partial charge in [-0.2, -0.15) is 15.2 Å². The van der Waals surface area contributed by atoms with Crippen molar-refractivity contribution >= 4 is 28.2 Å². The number of carbonyl (C=O) groups excluding carboxylic acids is 1. The summed E-state index contributed by atoms with van der Waals surface area (Å²) < 4.78 is 5.48. The number of piperazine rings is 2. The molecule has 0 spiro atoms. The molecule has 4 heterocycles. The van der Waals surface area contributed by atoms with Crippen molar-refractivity contribution in [2.75, 3.05) is 76.3 Å². The first-order valence-electron chi connectivity index (χ1n) is 14.6. The number of methoxy groups -OCH3 is 1. The largest absolute Gasteiger partial charge is 0.467 e. The molecule has 3 aromatic rings. The van der Waals surface area contributed by atoms with Crippen molar-refractivity contribution in [1.29, 1.82) is 5.26 Å². The summed E-state index contributed by atoms with van der Waals surface area (Å²) in [7, 11) is 3.73. The minimum atomic E-state index is -0.216. The van der Waals surface area contributed by atoms with E-state index in [4.69, 9.17) is 14.7 Å². The fraction of sp³-hybridized carbons (Fsp3) is 0.438. The number of benzene rings is 2. The van der Waals surface area contributed by atoms with Crippen molar-refractivity contribution in [3.63, 3.8) is 0 Å². The topological polar surface area (TPSA) is 101 Å². The molecular formula is C32H40N8O2. The maximum Gasteiger partial charge on any atom is 0.318 e. The number of rotatable bonds is 5. The van der Waals surface area contributed by atoms with E-state index in [0.717, 1.165) is 43.1 Å². The minimum absolute atomic E-state index is 0.141. The Morgan fingerprint density at radius 3 is 2.60 bits per heavy atom. The second-order valence-corrected chi connectivity index (χ2v) is 10.9. The van der Waals surface area contributed by atoms with Gasteiger partial charge in [-0.25, -0.2) is 0 Å². The highest BCUT2D eigenvalue weighted by molar-refractivity contribution is 5.94. The number of likely N-dealkylation sites (N-methyl/N-ethyl adjacent to an activating group) is 1. The molecule has 2 saturated heterocycles. The Balaban J connectivity index is 0.000000442. The summed E-state index contributed by atoms with van der Waals surface area (Å²) in [6.07, 6.45) is 2.37. The lowest BCUT2D eigenvalue weighted by atomic mass is 10.0. The van der Waals surface area contributed by atoms with E-state index < -0.39 is 0 Å². The summed E-state index contributed by atoms with van der Waals surface area (Å²) in [6, 6.07) is 17.2. The van der Waals surface area contributed by atoms with Gasteiger partial charge in [-0.15, -0.1) is 0 Å². The first-order valence-corrected chi connectivity index (χ1v) is 14.6. The number of hydrogen-bond donors (Lipinski definition) is 1.